The first-order valence-electron chi connectivity index (χ1n) is 7.00. The second kappa shape index (κ2) is 6.63. The van der Waals surface area contributed by atoms with Crippen molar-refractivity contribution >= 4 is 38.6 Å². The molecule has 0 aliphatic heterocycles. The number of rotatable bonds is 5. The average molecular weight is 377 g/mol. The highest BCUT2D eigenvalue weighted by Gasteiger charge is 2.17. The zero-order valence-electron chi connectivity index (χ0n) is 12.7. The third-order valence-electron chi connectivity index (χ3n) is 3.73. The molecule has 6 heteroatoms. The number of alkyl halides is 1. The van der Waals surface area contributed by atoms with Gasteiger partial charge < -0.3 is 9.47 Å². The first-order chi connectivity index (χ1) is 9.81. The summed E-state index contributed by atoms with van der Waals surface area (Å²) < 4.78 is 16.3. The van der Waals surface area contributed by atoms with Gasteiger partial charge in [-0.3, -0.25) is 0 Å². The van der Waals surface area contributed by atoms with Crippen molar-refractivity contribution in [3.8, 4) is 0 Å². The van der Waals surface area contributed by atoms with Crippen molar-refractivity contribution in [2.75, 3.05) is 13.6 Å². The zero-order chi connectivity index (χ0) is 15.7. The van der Waals surface area contributed by atoms with Gasteiger partial charge in [0, 0.05) is 25.2 Å². The molecule has 0 spiro atoms. The number of halogens is 3. The van der Waals surface area contributed by atoms with Crippen molar-refractivity contribution in [3.63, 3.8) is 0 Å². The first kappa shape index (κ1) is 16.7. The maximum Gasteiger partial charge on any atom is 0.139 e. The van der Waals surface area contributed by atoms with Crippen LogP contribution in [0.15, 0.2) is 16.6 Å². The van der Waals surface area contributed by atoms with Crippen LogP contribution in [0.25, 0.3) is 11.0 Å². The SMILES string of the molecule is CC(Cl)c1nc2cc(Br)c(F)cc2n1CCN(C)C(C)C. The van der Waals surface area contributed by atoms with Gasteiger partial charge in [-0.1, -0.05) is 0 Å². The highest BCUT2D eigenvalue weighted by Crippen LogP contribution is 2.28. The topological polar surface area (TPSA) is 21.1 Å². The van der Waals surface area contributed by atoms with Crippen LogP contribution in [0.4, 0.5) is 4.39 Å². The number of benzene rings is 1. The second-order valence-corrected chi connectivity index (χ2v) is 7.08. The summed E-state index contributed by atoms with van der Waals surface area (Å²) >= 11 is 9.44. The van der Waals surface area contributed by atoms with Crippen molar-refractivity contribution in [2.24, 2.45) is 0 Å². The van der Waals surface area contributed by atoms with E-state index < -0.39 is 0 Å². The van der Waals surface area contributed by atoms with Crippen LogP contribution in [0.2, 0.25) is 0 Å². The van der Waals surface area contributed by atoms with Gasteiger partial charge in [-0.15, -0.1) is 11.6 Å². The molecule has 0 amide bonds. The minimum Gasteiger partial charge on any atom is -0.325 e. The molecule has 1 aromatic carbocycles. The van der Waals surface area contributed by atoms with E-state index in [-0.39, 0.29) is 11.2 Å². The molecular formula is C15H20BrClFN3. The normalized spacial score (nSPS) is 13.6. The molecule has 0 bridgehead atoms. The first-order valence-corrected chi connectivity index (χ1v) is 8.23. The summed E-state index contributed by atoms with van der Waals surface area (Å²) in [5, 5.41) is -0.219. The Morgan fingerprint density at radius 3 is 2.62 bits per heavy atom. The number of likely N-dealkylation sites (N-methyl/N-ethyl adjacent to an activating group) is 1. The van der Waals surface area contributed by atoms with Gasteiger partial charge >= 0.3 is 0 Å². The van der Waals surface area contributed by atoms with Gasteiger partial charge in [0.25, 0.3) is 0 Å². The number of nitrogens with zero attached hydrogens (tertiary/aromatic N) is 3. The molecule has 0 saturated heterocycles. The Bertz CT molecular complexity index is 639. The molecule has 1 heterocycles. The van der Waals surface area contributed by atoms with E-state index in [1.54, 1.807) is 6.07 Å². The number of aromatic nitrogens is 2. The Labute approximate surface area is 138 Å². The largest absolute Gasteiger partial charge is 0.325 e. The fourth-order valence-corrected chi connectivity index (χ4v) is 2.69. The van der Waals surface area contributed by atoms with Gasteiger partial charge in [0.2, 0.25) is 0 Å². The minimum absolute atomic E-state index is 0.219. The summed E-state index contributed by atoms with van der Waals surface area (Å²) in [4.78, 5) is 6.79. The monoisotopic (exact) mass is 375 g/mol. The lowest BCUT2D eigenvalue weighted by molar-refractivity contribution is 0.263. The fourth-order valence-electron chi connectivity index (χ4n) is 2.19. The van der Waals surface area contributed by atoms with Crippen molar-refractivity contribution in [1.29, 1.82) is 0 Å². The molecule has 3 nitrogen and oxygen atoms in total. The summed E-state index contributed by atoms with van der Waals surface area (Å²) in [7, 11) is 2.07. The third-order valence-corrected chi connectivity index (χ3v) is 4.54. The van der Waals surface area contributed by atoms with E-state index in [4.69, 9.17) is 11.6 Å². The Morgan fingerprint density at radius 2 is 2.05 bits per heavy atom. The highest BCUT2D eigenvalue weighted by molar-refractivity contribution is 9.10. The van der Waals surface area contributed by atoms with E-state index in [2.05, 4.69) is 46.7 Å². The smallest absolute Gasteiger partial charge is 0.139 e. The molecule has 0 aliphatic rings. The van der Waals surface area contributed by atoms with Crippen LogP contribution in [0.3, 0.4) is 0 Å². The maximum absolute atomic E-state index is 13.8. The molecular weight excluding hydrogens is 357 g/mol. The Hall–Kier alpha value is -0.650. The van der Waals surface area contributed by atoms with Crippen LogP contribution >= 0.6 is 27.5 Å². The molecule has 0 N–H and O–H groups in total. The lowest BCUT2D eigenvalue weighted by Crippen LogP contribution is -2.30. The van der Waals surface area contributed by atoms with Gasteiger partial charge in [-0.05, 0) is 49.8 Å². The molecule has 2 rings (SSSR count). The second-order valence-electron chi connectivity index (χ2n) is 5.57. The minimum atomic E-state index is -0.283. The Morgan fingerprint density at radius 1 is 1.38 bits per heavy atom. The third kappa shape index (κ3) is 3.58. The molecule has 116 valence electrons. The van der Waals surface area contributed by atoms with Gasteiger partial charge in [0.1, 0.15) is 11.6 Å². The molecule has 1 aromatic heterocycles. The van der Waals surface area contributed by atoms with E-state index in [1.807, 2.05) is 11.5 Å². The summed E-state index contributed by atoms with van der Waals surface area (Å²) in [5.74, 6) is 0.496. The average Bonchev–Trinajstić information content (AvgIpc) is 2.74. The van der Waals surface area contributed by atoms with Crippen molar-refractivity contribution < 1.29 is 4.39 Å². The predicted molar refractivity (Wildman–Crippen MR) is 89.4 cm³/mol. The van der Waals surface area contributed by atoms with E-state index in [9.17, 15) is 4.39 Å². The lowest BCUT2D eigenvalue weighted by atomic mass is 10.3. The molecule has 2 aromatic rings. The van der Waals surface area contributed by atoms with E-state index in [1.165, 1.54) is 6.07 Å². The fraction of sp³-hybridized carbons (Fsp3) is 0.533. The van der Waals surface area contributed by atoms with Crippen LogP contribution in [-0.2, 0) is 6.54 Å². The predicted octanol–water partition coefficient (Wildman–Crippen LogP) is 4.58. The number of fused-ring (bicyclic) bond motifs is 1. The van der Waals surface area contributed by atoms with Crippen molar-refractivity contribution in [3.05, 3.63) is 28.2 Å². The standard InChI is InChI=1S/C15H20BrClFN3/c1-9(2)20(4)5-6-21-14-8-12(18)11(16)7-13(14)19-15(21)10(3)17/h7-10H,5-6H2,1-4H3. The van der Waals surface area contributed by atoms with Crippen molar-refractivity contribution in [1.82, 2.24) is 14.5 Å². The van der Waals surface area contributed by atoms with Gasteiger partial charge in [-0.25, -0.2) is 9.37 Å². The number of hydrogen-bond acceptors (Lipinski definition) is 2. The summed E-state index contributed by atoms with van der Waals surface area (Å²) in [6, 6.07) is 3.68. The molecule has 1 unspecified atom stereocenters. The van der Waals surface area contributed by atoms with Gasteiger partial charge in [-0.2, -0.15) is 0 Å². The summed E-state index contributed by atoms with van der Waals surface area (Å²) in [5.41, 5.74) is 1.55. The molecule has 0 fully saturated rings. The zero-order valence-corrected chi connectivity index (χ0v) is 15.0. The van der Waals surface area contributed by atoms with Crippen LogP contribution in [0.5, 0.6) is 0 Å². The number of imidazole rings is 1. The van der Waals surface area contributed by atoms with Crippen LogP contribution in [-0.4, -0.2) is 34.1 Å². The van der Waals surface area contributed by atoms with Gasteiger partial charge in [0.05, 0.1) is 20.9 Å². The quantitative estimate of drug-likeness (QED) is 0.712. The Kier molecular flexibility index (Phi) is 5.28. The van der Waals surface area contributed by atoms with Crippen LogP contribution in [0.1, 0.15) is 32.0 Å². The Balaban J connectivity index is 2.43. The molecule has 1 atom stereocenters. The molecule has 0 aliphatic carbocycles. The van der Waals surface area contributed by atoms with E-state index in [0.29, 0.717) is 10.5 Å². The van der Waals surface area contributed by atoms with E-state index >= 15 is 0 Å². The van der Waals surface area contributed by atoms with Crippen molar-refractivity contribution in [2.45, 2.75) is 38.7 Å². The molecule has 0 radical (unpaired) electrons. The summed E-state index contributed by atoms with van der Waals surface area (Å²) in [6.45, 7) is 7.77. The number of hydrogen-bond donors (Lipinski definition) is 0. The molecule has 21 heavy (non-hydrogen) atoms. The van der Waals surface area contributed by atoms with Crippen LogP contribution < -0.4 is 0 Å². The lowest BCUT2D eigenvalue weighted by Gasteiger charge is -2.22. The highest BCUT2D eigenvalue weighted by atomic mass is 79.9. The molecule has 0 saturated carbocycles. The summed E-state index contributed by atoms with van der Waals surface area (Å²) in [6.07, 6.45) is 0. The van der Waals surface area contributed by atoms with Crippen LogP contribution in [0, 0.1) is 5.82 Å². The maximum atomic E-state index is 13.8. The van der Waals surface area contributed by atoms with Gasteiger partial charge in [0.15, 0.2) is 0 Å². The van der Waals surface area contributed by atoms with E-state index in [0.717, 1.165) is 29.9 Å².